The van der Waals surface area contributed by atoms with Crippen molar-refractivity contribution < 1.29 is 9.59 Å². The average molecular weight is 377 g/mol. The number of nitrogens with zero attached hydrogens (tertiary/aromatic N) is 3. The van der Waals surface area contributed by atoms with Crippen LogP contribution in [0.4, 0.5) is 5.13 Å². The molecule has 1 aliphatic heterocycles. The summed E-state index contributed by atoms with van der Waals surface area (Å²) in [6.07, 6.45) is 8.01. The van der Waals surface area contributed by atoms with Crippen LogP contribution in [0.15, 0.2) is 0 Å². The summed E-state index contributed by atoms with van der Waals surface area (Å²) in [6.45, 7) is 4.42. The van der Waals surface area contributed by atoms with Gasteiger partial charge in [-0.1, -0.05) is 19.8 Å². The number of aromatic nitrogens is 1. The summed E-state index contributed by atoms with van der Waals surface area (Å²) in [6, 6.07) is 0.433. The van der Waals surface area contributed by atoms with E-state index in [9.17, 15) is 9.59 Å². The Balaban J connectivity index is 1.28. The highest BCUT2D eigenvalue weighted by atomic mass is 32.1. The summed E-state index contributed by atoms with van der Waals surface area (Å²) in [4.78, 5) is 34.7. The first kappa shape index (κ1) is 17.9. The van der Waals surface area contributed by atoms with Gasteiger partial charge in [-0.3, -0.25) is 14.5 Å². The summed E-state index contributed by atoms with van der Waals surface area (Å²) < 4.78 is 0. The predicted molar refractivity (Wildman–Crippen MR) is 102 cm³/mol. The Morgan fingerprint density at radius 2 is 2.08 bits per heavy atom. The zero-order valence-corrected chi connectivity index (χ0v) is 16.3. The number of anilines is 1. The monoisotopic (exact) mass is 376 g/mol. The van der Waals surface area contributed by atoms with Crippen molar-refractivity contribution in [3.63, 3.8) is 0 Å². The van der Waals surface area contributed by atoms with Gasteiger partial charge < -0.3 is 10.2 Å². The Bertz CT molecular complexity index is 683. The lowest BCUT2D eigenvalue weighted by molar-refractivity contribution is -0.139. The highest BCUT2D eigenvalue weighted by Gasteiger charge is 2.31. The van der Waals surface area contributed by atoms with Gasteiger partial charge in [0.25, 0.3) is 0 Å². The minimum atomic E-state index is -0.0636. The molecule has 0 radical (unpaired) electrons. The molecule has 7 heteroatoms. The number of aryl methyl sites for hydroxylation is 1. The fraction of sp³-hybridized carbons (Fsp3) is 0.737. The van der Waals surface area contributed by atoms with Gasteiger partial charge >= 0.3 is 0 Å². The molecule has 2 aliphatic carbocycles. The number of fused-ring (bicyclic) bond motifs is 1. The molecule has 3 aliphatic rings. The number of carbonyl (C=O) groups is 2. The van der Waals surface area contributed by atoms with E-state index in [0.29, 0.717) is 23.6 Å². The Kier molecular flexibility index (Phi) is 5.27. The Morgan fingerprint density at radius 1 is 1.27 bits per heavy atom. The molecule has 2 amide bonds. The van der Waals surface area contributed by atoms with Gasteiger partial charge in [0, 0.05) is 24.0 Å². The van der Waals surface area contributed by atoms with Crippen LogP contribution >= 0.6 is 11.3 Å². The van der Waals surface area contributed by atoms with Crippen LogP contribution in [0.1, 0.15) is 49.6 Å². The van der Waals surface area contributed by atoms with Crippen LogP contribution in [0.3, 0.4) is 0 Å². The van der Waals surface area contributed by atoms with Crippen molar-refractivity contribution in [3.8, 4) is 0 Å². The molecular formula is C19H28N4O2S. The number of hydrogen-bond acceptors (Lipinski definition) is 5. The molecule has 0 spiro atoms. The molecule has 6 nitrogen and oxygen atoms in total. The number of nitrogens with one attached hydrogen (secondary N) is 1. The normalized spacial score (nSPS) is 24.7. The van der Waals surface area contributed by atoms with E-state index < -0.39 is 0 Å². The van der Waals surface area contributed by atoms with E-state index in [0.717, 1.165) is 44.5 Å². The van der Waals surface area contributed by atoms with Gasteiger partial charge in [-0.25, -0.2) is 4.98 Å². The fourth-order valence-electron chi connectivity index (χ4n) is 4.43. The van der Waals surface area contributed by atoms with E-state index >= 15 is 0 Å². The highest BCUT2D eigenvalue weighted by molar-refractivity contribution is 7.15. The van der Waals surface area contributed by atoms with Crippen LogP contribution in [0.5, 0.6) is 0 Å². The molecule has 0 aromatic carbocycles. The Morgan fingerprint density at radius 3 is 2.85 bits per heavy atom. The van der Waals surface area contributed by atoms with Crippen LogP contribution in [-0.4, -0.2) is 58.8 Å². The van der Waals surface area contributed by atoms with Gasteiger partial charge in [0.15, 0.2) is 5.13 Å². The van der Waals surface area contributed by atoms with E-state index in [1.54, 1.807) is 11.3 Å². The molecule has 26 heavy (non-hydrogen) atoms. The second-order valence-electron chi connectivity index (χ2n) is 8.02. The van der Waals surface area contributed by atoms with Crippen molar-refractivity contribution in [3.05, 3.63) is 10.6 Å². The molecule has 1 aromatic rings. The molecular weight excluding hydrogens is 348 g/mol. The highest BCUT2D eigenvalue weighted by Crippen LogP contribution is 2.32. The topological polar surface area (TPSA) is 65.5 Å². The molecule has 0 bridgehead atoms. The fourth-order valence-corrected chi connectivity index (χ4v) is 5.61. The van der Waals surface area contributed by atoms with Crippen LogP contribution in [0.25, 0.3) is 0 Å². The van der Waals surface area contributed by atoms with E-state index in [4.69, 9.17) is 0 Å². The van der Waals surface area contributed by atoms with Gasteiger partial charge in [-0.2, -0.15) is 0 Å². The molecule has 1 saturated carbocycles. The minimum absolute atomic E-state index is 0.0636. The smallest absolute Gasteiger partial charge is 0.240 e. The number of piperazine rings is 1. The van der Waals surface area contributed by atoms with Crippen molar-refractivity contribution in [1.29, 1.82) is 0 Å². The standard InChI is InChI=1S/C19H28N4O2S/c1-13-6-7-15-16(10-13)26-19(20-15)21-17(24)11-22-8-9-23(18(25)12-22)14-4-2-3-5-14/h13-14H,2-12H2,1H3,(H,20,21,24)/t13-/m0/s1. The quantitative estimate of drug-likeness (QED) is 0.876. The van der Waals surface area contributed by atoms with Gasteiger partial charge in [0.2, 0.25) is 11.8 Å². The van der Waals surface area contributed by atoms with Crippen molar-refractivity contribution in [2.45, 2.75) is 57.9 Å². The number of rotatable bonds is 4. The molecule has 1 aromatic heterocycles. The zero-order valence-electron chi connectivity index (χ0n) is 15.5. The molecule has 2 fully saturated rings. The third-order valence-electron chi connectivity index (χ3n) is 5.90. The zero-order chi connectivity index (χ0) is 18.1. The number of carbonyl (C=O) groups excluding carboxylic acids is 2. The van der Waals surface area contributed by atoms with Crippen LogP contribution in [0.2, 0.25) is 0 Å². The van der Waals surface area contributed by atoms with Gasteiger partial charge in [0.1, 0.15) is 0 Å². The van der Waals surface area contributed by atoms with E-state index in [-0.39, 0.29) is 18.4 Å². The first-order valence-corrected chi connectivity index (χ1v) is 10.7. The summed E-state index contributed by atoms with van der Waals surface area (Å²) in [5.74, 6) is 0.814. The van der Waals surface area contributed by atoms with Crippen molar-refractivity contribution in [1.82, 2.24) is 14.8 Å². The molecule has 1 saturated heterocycles. The molecule has 2 heterocycles. The lowest BCUT2D eigenvalue weighted by atomic mass is 9.93. The summed E-state index contributed by atoms with van der Waals surface area (Å²) in [5, 5.41) is 3.66. The Labute approximate surface area is 159 Å². The van der Waals surface area contributed by atoms with Crippen molar-refractivity contribution in [2.24, 2.45) is 5.92 Å². The third kappa shape index (κ3) is 3.93. The molecule has 1 atom stereocenters. The molecule has 4 rings (SSSR count). The van der Waals surface area contributed by atoms with Crippen molar-refractivity contribution in [2.75, 3.05) is 31.5 Å². The summed E-state index contributed by atoms with van der Waals surface area (Å²) >= 11 is 1.61. The second kappa shape index (κ2) is 7.64. The first-order valence-electron chi connectivity index (χ1n) is 9.88. The van der Waals surface area contributed by atoms with E-state index in [1.165, 1.54) is 24.1 Å². The molecule has 0 unspecified atom stereocenters. The summed E-state index contributed by atoms with van der Waals surface area (Å²) in [7, 11) is 0. The lowest BCUT2D eigenvalue weighted by Gasteiger charge is -2.37. The van der Waals surface area contributed by atoms with Crippen LogP contribution in [-0.2, 0) is 22.4 Å². The maximum absolute atomic E-state index is 12.4. The summed E-state index contributed by atoms with van der Waals surface area (Å²) in [5.41, 5.74) is 1.16. The maximum Gasteiger partial charge on any atom is 0.240 e. The van der Waals surface area contributed by atoms with Gasteiger partial charge in [-0.15, -0.1) is 11.3 Å². The van der Waals surface area contributed by atoms with Crippen LogP contribution < -0.4 is 5.32 Å². The number of thiazole rings is 1. The third-order valence-corrected chi connectivity index (χ3v) is 6.94. The minimum Gasteiger partial charge on any atom is -0.337 e. The van der Waals surface area contributed by atoms with Gasteiger partial charge in [-0.05, 0) is 38.0 Å². The first-order chi connectivity index (χ1) is 12.6. The predicted octanol–water partition coefficient (Wildman–Crippen LogP) is 2.29. The van der Waals surface area contributed by atoms with Gasteiger partial charge in [0.05, 0.1) is 18.8 Å². The largest absolute Gasteiger partial charge is 0.337 e. The molecule has 142 valence electrons. The SMILES string of the molecule is C[C@H]1CCc2nc(NC(=O)CN3CCN(C4CCCC4)C(=O)C3)sc2C1. The number of amides is 2. The number of hydrogen-bond donors (Lipinski definition) is 1. The maximum atomic E-state index is 12.4. The van der Waals surface area contributed by atoms with E-state index in [1.807, 2.05) is 9.80 Å². The average Bonchev–Trinajstić information content (AvgIpc) is 3.23. The van der Waals surface area contributed by atoms with Crippen molar-refractivity contribution >= 4 is 28.3 Å². The lowest BCUT2D eigenvalue weighted by Crippen LogP contribution is -2.54. The second-order valence-corrected chi connectivity index (χ2v) is 9.10. The molecule has 1 N–H and O–H groups in total. The van der Waals surface area contributed by atoms with Crippen LogP contribution in [0, 0.1) is 5.92 Å². The Hall–Kier alpha value is -1.47. The van der Waals surface area contributed by atoms with E-state index in [2.05, 4.69) is 17.2 Å².